The summed E-state index contributed by atoms with van der Waals surface area (Å²) in [6.45, 7) is -0.0432. The third kappa shape index (κ3) is 6.43. The van der Waals surface area contributed by atoms with Crippen molar-refractivity contribution in [3.05, 3.63) is 123 Å². The fourth-order valence-electron chi connectivity index (χ4n) is 3.81. The molecule has 0 aliphatic heterocycles. The molecule has 0 aliphatic carbocycles. The molecule has 2 heterocycles. The number of H-pyrrole nitrogens is 3. The Bertz CT molecular complexity index is 2130. The minimum atomic E-state index is -4.48. The van der Waals surface area contributed by atoms with Crippen molar-refractivity contribution in [3.8, 4) is 0 Å². The lowest BCUT2D eigenvalue weighted by molar-refractivity contribution is -0.384. The molecule has 0 bridgehead atoms. The second kappa shape index (κ2) is 11.0. The highest BCUT2D eigenvalue weighted by Crippen LogP contribution is 2.33. The Balaban J connectivity index is 0.000000216. The molecule has 0 unspecified atom stereocenters. The van der Waals surface area contributed by atoms with Crippen LogP contribution in [0.1, 0.15) is 11.1 Å². The van der Waals surface area contributed by atoms with Gasteiger partial charge >= 0.3 is 36.0 Å². The Morgan fingerprint density at radius 2 is 1.40 bits per heavy atom. The molecular formula is C24H17F3N5O9P. The molecular weight excluding hydrogens is 590 g/mol. The van der Waals surface area contributed by atoms with E-state index in [4.69, 9.17) is 9.79 Å². The van der Waals surface area contributed by atoms with E-state index in [0.29, 0.717) is 11.1 Å². The van der Waals surface area contributed by atoms with Crippen molar-refractivity contribution in [2.75, 3.05) is 0 Å². The average Bonchev–Trinajstić information content (AvgIpc) is 2.91. The van der Waals surface area contributed by atoms with Gasteiger partial charge in [-0.15, -0.1) is 0 Å². The van der Waals surface area contributed by atoms with Gasteiger partial charge in [0.2, 0.25) is 0 Å². The zero-order valence-corrected chi connectivity index (χ0v) is 21.6. The second-order valence-corrected chi connectivity index (χ2v) is 10.3. The third-order valence-electron chi connectivity index (χ3n) is 5.83. The molecule has 0 saturated heterocycles. The van der Waals surface area contributed by atoms with Gasteiger partial charge in [0.05, 0.1) is 44.4 Å². The number of halogens is 3. The van der Waals surface area contributed by atoms with Crippen molar-refractivity contribution in [2.24, 2.45) is 0 Å². The van der Waals surface area contributed by atoms with E-state index in [9.17, 15) is 47.0 Å². The molecule has 5 aromatic rings. The van der Waals surface area contributed by atoms with E-state index >= 15 is 0 Å². The highest BCUT2D eigenvalue weighted by Gasteiger charge is 2.30. The van der Waals surface area contributed by atoms with Crippen molar-refractivity contribution >= 4 is 40.7 Å². The topological polar surface area (TPSA) is 221 Å². The summed E-state index contributed by atoms with van der Waals surface area (Å²) >= 11 is 0. The number of hydrogen-bond donors (Lipinski definition) is 5. The molecule has 0 radical (unpaired) electrons. The summed E-state index contributed by atoms with van der Waals surface area (Å²) in [7, 11) is -4.38. The lowest BCUT2D eigenvalue weighted by Gasteiger charge is -2.10. The van der Waals surface area contributed by atoms with E-state index < -0.39 is 46.5 Å². The number of nitrogens with zero attached hydrogens (tertiary/aromatic N) is 2. The first-order chi connectivity index (χ1) is 19.5. The number of aromatic nitrogens is 4. The summed E-state index contributed by atoms with van der Waals surface area (Å²) in [5.74, 6) is 0. The van der Waals surface area contributed by atoms with Crippen LogP contribution in [0.5, 0.6) is 0 Å². The number of hydrogen-bond acceptors (Lipinski definition) is 7. The maximum atomic E-state index is 12.3. The van der Waals surface area contributed by atoms with E-state index in [2.05, 4.69) is 15.0 Å². The van der Waals surface area contributed by atoms with E-state index in [1.54, 1.807) is 0 Å². The Morgan fingerprint density at radius 1 is 0.810 bits per heavy atom. The minimum Gasteiger partial charge on any atom is -0.321 e. The maximum Gasteiger partial charge on any atom is 0.416 e. The fraction of sp³-hybridized carbons (Fsp3) is 0.0833. The van der Waals surface area contributed by atoms with Crippen LogP contribution in [0.25, 0.3) is 22.1 Å². The van der Waals surface area contributed by atoms with Crippen molar-refractivity contribution < 1.29 is 32.4 Å². The predicted octanol–water partition coefficient (Wildman–Crippen LogP) is 1.68. The zero-order valence-electron chi connectivity index (χ0n) is 20.7. The highest BCUT2D eigenvalue weighted by molar-refractivity contribution is 7.60. The number of alkyl halides is 3. The van der Waals surface area contributed by atoms with Crippen LogP contribution in [0.2, 0.25) is 0 Å². The Hall–Kier alpha value is -5.12. The number of nitrogens with one attached hydrogen (secondary N) is 3. The lowest BCUT2D eigenvalue weighted by atomic mass is 10.2. The molecule has 0 amide bonds. The molecule has 18 heteroatoms. The largest absolute Gasteiger partial charge is 0.416 e. The quantitative estimate of drug-likeness (QED) is 0.0867. The number of non-ortho nitro benzene ring substituents is 1. The first-order valence-corrected chi connectivity index (χ1v) is 13.1. The number of aromatic amines is 3. The van der Waals surface area contributed by atoms with Gasteiger partial charge in [-0.25, -0.2) is 0 Å². The van der Waals surface area contributed by atoms with Crippen LogP contribution in [-0.2, 0) is 17.3 Å². The van der Waals surface area contributed by atoms with Gasteiger partial charge < -0.3 is 24.7 Å². The van der Waals surface area contributed by atoms with Crippen molar-refractivity contribution in [3.63, 3.8) is 0 Å². The van der Waals surface area contributed by atoms with Crippen molar-refractivity contribution in [2.45, 2.75) is 12.7 Å². The second-order valence-electron chi connectivity index (χ2n) is 8.68. The van der Waals surface area contributed by atoms with Crippen molar-refractivity contribution in [1.29, 1.82) is 0 Å². The van der Waals surface area contributed by atoms with Crippen LogP contribution in [0.15, 0.2) is 79.8 Å². The molecule has 0 aliphatic rings. The van der Waals surface area contributed by atoms with Crippen molar-refractivity contribution in [1.82, 2.24) is 19.5 Å². The standard InChI is InChI=1S/C15H12N3O7P.C9H5F3N2O2/c19-14-15(20)17(8-9-1-4-11(5-2-9)26(23,24)25)13-6-3-10(18(21)22)7-12(13)16-14;10-9(11,12)4-1-2-5-6(3-4)14-8(16)7(15)13-5/h1-7H,8H2,(H,16,19)(H2,23,24,25);1-3H,(H,13,15)(H,14,16). The zero-order chi connectivity index (χ0) is 31.0. The number of fused-ring (bicyclic) bond motifs is 2. The van der Waals surface area contributed by atoms with Crippen LogP contribution < -0.4 is 27.5 Å². The Labute approximate surface area is 229 Å². The van der Waals surface area contributed by atoms with E-state index in [1.807, 2.05) is 0 Å². The summed E-state index contributed by atoms with van der Waals surface area (Å²) in [6.07, 6.45) is -4.48. The predicted molar refractivity (Wildman–Crippen MR) is 143 cm³/mol. The molecule has 218 valence electrons. The minimum absolute atomic E-state index is 0.0432. The van der Waals surface area contributed by atoms with Gasteiger partial charge in [-0.1, -0.05) is 12.1 Å². The van der Waals surface area contributed by atoms with Crippen LogP contribution >= 0.6 is 7.60 Å². The van der Waals surface area contributed by atoms with Crippen LogP contribution in [0.4, 0.5) is 18.9 Å². The van der Waals surface area contributed by atoms with Gasteiger partial charge in [0.1, 0.15) is 0 Å². The number of rotatable bonds is 4. The number of nitro benzene ring substituents is 1. The number of benzene rings is 3. The first-order valence-electron chi connectivity index (χ1n) is 11.4. The van der Waals surface area contributed by atoms with Gasteiger partial charge in [0, 0.05) is 12.1 Å². The molecule has 2 aromatic heterocycles. The molecule has 0 spiro atoms. The third-order valence-corrected chi connectivity index (χ3v) is 6.80. The highest BCUT2D eigenvalue weighted by atomic mass is 31.2. The van der Waals surface area contributed by atoms with Crippen LogP contribution in [0.3, 0.4) is 0 Å². The van der Waals surface area contributed by atoms with Gasteiger partial charge in [0.15, 0.2) is 0 Å². The Morgan fingerprint density at radius 3 is 1.98 bits per heavy atom. The molecule has 5 N–H and O–H groups in total. The summed E-state index contributed by atoms with van der Waals surface area (Å²) in [6, 6.07) is 11.8. The van der Waals surface area contributed by atoms with E-state index in [1.165, 1.54) is 36.4 Å². The monoisotopic (exact) mass is 607 g/mol. The maximum absolute atomic E-state index is 12.3. The van der Waals surface area contributed by atoms with E-state index in [0.717, 1.165) is 28.8 Å². The summed E-state index contributed by atoms with van der Waals surface area (Å²) in [4.78, 5) is 80.9. The molecule has 0 fully saturated rings. The summed E-state index contributed by atoms with van der Waals surface area (Å²) < 4.78 is 49.3. The van der Waals surface area contributed by atoms with Gasteiger partial charge in [-0.05, 0) is 42.0 Å². The first kappa shape index (κ1) is 29.9. The SMILES string of the molecule is O=c1[nH]c2cc([N+](=O)[O-])ccc2n(Cc2ccc(P(=O)(O)O)cc2)c1=O.O=c1[nH]c2ccc(C(F)(F)F)cc2[nH]c1=O. The van der Waals surface area contributed by atoms with E-state index in [-0.39, 0.29) is 34.1 Å². The van der Waals surface area contributed by atoms with Gasteiger partial charge in [-0.3, -0.25) is 38.4 Å². The molecule has 5 rings (SSSR count). The molecule has 42 heavy (non-hydrogen) atoms. The Kier molecular flexibility index (Phi) is 7.85. The average molecular weight is 607 g/mol. The molecule has 0 saturated carbocycles. The van der Waals surface area contributed by atoms with Gasteiger partial charge in [-0.2, -0.15) is 13.2 Å². The van der Waals surface area contributed by atoms with Crippen LogP contribution in [0, 0.1) is 10.1 Å². The van der Waals surface area contributed by atoms with Crippen LogP contribution in [-0.4, -0.2) is 34.2 Å². The molecule has 3 aromatic carbocycles. The summed E-state index contributed by atoms with van der Waals surface area (Å²) in [5.41, 5.74) is -3.72. The molecule has 0 atom stereocenters. The smallest absolute Gasteiger partial charge is 0.321 e. The number of nitro groups is 1. The summed E-state index contributed by atoms with van der Waals surface area (Å²) in [5, 5.41) is 10.7. The van der Waals surface area contributed by atoms with Gasteiger partial charge in [0.25, 0.3) is 5.69 Å². The normalized spacial score (nSPS) is 11.7. The molecule has 14 nitrogen and oxygen atoms in total. The fourth-order valence-corrected chi connectivity index (χ4v) is 4.34. The lowest BCUT2D eigenvalue weighted by Crippen LogP contribution is -2.36.